The van der Waals surface area contributed by atoms with Crippen molar-refractivity contribution in [3.8, 4) is 0 Å². The Labute approximate surface area is 149 Å². The van der Waals surface area contributed by atoms with E-state index in [1.807, 2.05) is 0 Å². The van der Waals surface area contributed by atoms with Gasteiger partial charge in [-0.1, -0.05) is 0 Å². The summed E-state index contributed by atoms with van der Waals surface area (Å²) in [6.45, 7) is 0. The summed E-state index contributed by atoms with van der Waals surface area (Å²) in [4.78, 5) is 0. The van der Waals surface area contributed by atoms with Gasteiger partial charge in [0.05, 0.1) is 0 Å². The molecule has 0 atom stereocenters. The van der Waals surface area contributed by atoms with Crippen LogP contribution in [0, 0.1) is 0 Å². The Hall–Kier alpha value is 3.79. The molecule has 0 saturated carbocycles. The standard InChI is InChI=1S/6Al.Li.19H/q6*+3;+1;19*-1. The van der Waals surface area contributed by atoms with E-state index < -0.39 is 0 Å². The topological polar surface area (TPSA) is 0 Å². The van der Waals surface area contributed by atoms with E-state index in [4.69, 9.17) is 0 Å². The van der Waals surface area contributed by atoms with E-state index in [9.17, 15) is 0 Å². The van der Waals surface area contributed by atoms with Gasteiger partial charge in [0, 0.05) is 0 Å². The van der Waals surface area contributed by atoms with Crippen LogP contribution in [0.15, 0.2) is 0 Å². The van der Waals surface area contributed by atoms with Crippen molar-refractivity contribution in [3.63, 3.8) is 0 Å². The van der Waals surface area contributed by atoms with Crippen LogP contribution in [-0.4, -0.2) is 104 Å². The number of hydrogen-bond acceptors (Lipinski definition) is 0. The monoisotopic (exact) mass is 188 g/mol. The molecule has 0 radical (unpaired) electrons. The fourth-order valence-corrected chi connectivity index (χ4v) is 0. The normalized spacial score (nSPS) is 0. The predicted molar refractivity (Wildman–Crippen MR) is 55.7 cm³/mol. The first-order valence-electron chi connectivity index (χ1n) is 0. The first kappa shape index (κ1) is 72.0. The van der Waals surface area contributed by atoms with Gasteiger partial charge < -0.3 is 27.1 Å². The Morgan fingerprint density at radius 2 is 0.429 bits per heavy atom. The van der Waals surface area contributed by atoms with E-state index in [1.54, 1.807) is 0 Å². The fraction of sp³-hybridized carbons (Fsp3) is 0. The molecule has 0 rings (SSSR count). The molecule has 0 N–H and O–H groups in total. The maximum atomic E-state index is 0. The Bertz CT molecular complexity index is 26.0. The Balaban J connectivity index is 0. The Morgan fingerprint density at radius 3 is 0.429 bits per heavy atom. The van der Waals surface area contributed by atoms with Gasteiger partial charge in [-0.25, -0.2) is 0 Å². The smallest absolute Gasteiger partial charge is 1.00 e. The maximum absolute atomic E-state index is 0. The SMILES string of the molecule is [Al+3].[Al+3].[Al+3].[Al+3].[Al+3].[Al+3].[H-].[H-].[H-].[H-].[H-].[H-].[H-].[H-].[H-].[H-].[H-].[H-].[H-].[H-].[H-].[H-].[H-].[H-].[H-].[Li+]. The van der Waals surface area contributed by atoms with Gasteiger partial charge in [-0.15, -0.1) is 0 Å². The molecule has 7 heteroatoms. The molecule has 0 amide bonds. The molecule has 0 aromatic carbocycles. The van der Waals surface area contributed by atoms with Gasteiger partial charge in [0.1, 0.15) is 0 Å². The minimum atomic E-state index is 0. The molecule has 0 aliphatic heterocycles. The predicted octanol–water partition coefficient (Wildman–Crippen LogP) is -3.14. The van der Waals surface area contributed by atoms with E-state index in [1.165, 1.54) is 0 Å². The van der Waals surface area contributed by atoms with Crippen LogP contribution >= 0.6 is 0 Å². The summed E-state index contributed by atoms with van der Waals surface area (Å²) in [5, 5.41) is 0. The second-order valence-corrected chi connectivity index (χ2v) is 0. The summed E-state index contributed by atoms with van der Waals surface area (Å²) in [6, 6.07) is 0. The third-order valence-electron chi connectivity index (χ3n) is 0. The zero-order valence-corrected chi connectivity index (χ0v) is 11.4. The molecule has 0 unspecified atom stereocenters. The summed E-state index contributed by atoms with van der Waals surface area (Å²) in [6.07, 6.45) is 0. The van der Waals surface area contributed by atoms with Gasteiger partial charge in [0.25, 0.3) is 0 Å². The van der Waals surface area contributed by atoms with Crippen molar-refractivity contribution in [2.24, 2.45) is 0 Å². The molecule has 0 aliphatic carbocycles. The van der Waals surface area contributed by atoms with Crippen molar-refractivity contribution in [3.05, 3.63) is 0 Å². The Morgan fingerprint density at radius 1 is 0.429 bits per heavy atom. The molecule has 0 aromatic rings. The van der Waals surface area contributed by atoms with Crippen LogP contribution in [0.25, 0.3) is 0 Å². The zero-order chi connectivity index (χ0) is 0. The second-order valence-electron chi connectivity index (χ2n) is 0. The van der Waals surface area contributed by atoms with Crippen LogP contribution in [0.4, 0.5) is 0 Å². The number of rotatable bonds is 0. The third-order valence-corrected chi connectivity index (χ3v) is 0. The molecule has 7 heavy (non-hydrogen) atoms. The molecule has 0 aromatic heterocycles. The van der Waals surface area contributed by atoms with Gasteiger partial charge in [-0.3, -0.25) is 0 Å². The molecular formula is H19Al6Li. The number of hydrogen-bond donors (Lipinski definition) is 0. The molecule has 38 valence electrons. The first-order valence-corrected chi connectivity index (χ1v) is 0. The van der Waals surface area contributed by atoms with Crippen LogP contribution < -0.4 is 18.9 Å². The third kappa shape index (κ3) is 41.3. The minimum Gasteiger partial charge on any atom is -1.00 e. The van der Waals surface area contributed by atoms with E-state index in [0.29, 0.717) is 0 Å². The fourth-order valence-electron chi connectivity index (χ4n) is 0. The Kier molecular flexibility index (Phi) is 541. The van der Waals surface area contributed by atoms with E-state index in [0.717, 1.165) is 0 Å². The molecule has 0 nitrogen and oxygen atoms in total. The molecule has 0 bridgehead atoms. The summed E-state index contributed by atoms with van der Waals surface area (Å²) < 4.78 is 0. The van der Waals surface area contributed by atoms with Gasteiger partial charge in [0.15, 0.2) is 0 Å². The first-order chi connectivity index (χ1) is 0. The van der Waals surface area contributed by atoms with Crippen LogP contribution in [-0.2, 0) is 0 Å². The summed E-state index contributed by atoms with van der Waals surface area (Å²) >= 11 is 0. The average molecular weight is 188 g/mol. The van der Waals surface area contributed by atoms with Gasteiger partial charge in [-0.2, -0.15) is 0 Å². The van der Waals surface area contributed by atoms with Crippen LogP contribution in [0.1, 0.15) is 27.1 Å². The largest absolute Gasteiger partial charge is 3.00 e. The molecule has 0 heterocycles. The average Bonchev–Trinajstić information content (AvgIpc) is 0. The summed E-state index contributed by atoms with van der Waals surface area (Å²) in [5.74, 6) is 0. The van der Waals surface area contributed by atoms with Crippen molar-refractivity contribution in [2.75, 3.05) is 0 Å². The molecule has 0 spiro atoms. The summed E-state index contributed by atoms with van der Waals surface area (Å²) in [5.41, 5.74) is 0. The summed E-state index contributed by atoms with van der Waals surface area (Å²) in [7, 11) is 0. The van der Waals surface area contributed by atoms with Crippen LogP contribution in [0.3, 0.4) is 0 Å². The van der Waals surface area contributed by atoms with Crippen molar-refractivity contribution in [1.29, 1.82) is 0 Å². The van der Waals surface area contributed by atoms with E-state index >= 15 is 0 Å². The quantitative estimate of drug-likeness (QED) is 0.352. The minimum absolute atomic E-state index is 0. The van der Waals surface area contributed by atoms with Crippen molar-refractivity contribution < 1.29 is 46.0 Å². The van der Waals surface area contributed by atoms with Crippen LogP contribution in [0.2, 0.25) is 0 Å². The van der Waals surface area contributed by atoms with Crippen molar-refractivity contribution in [1.82, 2.24) is 0 Å². The molecular weight excluding hydrogens is 169 g/mol. The molecule has 0 saturated heterocycles. The van der Waals surface area contributed by atoms with Crippen molar-refractivity contribution in [2.45, 2.75) is 0 Å². The van der Waals surface area contributed by atoms with Crippen molar-refractivity contribution >= 4 is 104 Å². The zero-order valence-electron chi connectivity index (χ0n) is 23.5. The van der Waals surface area contributed by atoms with Gasteiger partial charge in [0.2, 0.25) is 0 Å². The second kappa shape index (κ2) is 52.6. The maximum Gasteiger partial charge on any atom is 3.00 e. The van der Waals surface area contributed by atoms with E-state index in [2.05, 4.69) is 0 Å². The van der Waals surface area contributed by atoms with Gasteiger partial charge in [-0.05, 0) is 0 Å². The molecule has 0 fully saturated rings. The van der Waals surface area contributed by atoms with Gasteiger partial charge >= 0.3 is 123 Å². The molecule has 0 aliphatic rings. The van der Waals surface area contributed by atoms with Crippen LogP contribution in [0.5, 0.6) is 0 Å². The van der Waals surface area contributed by atoms with E-state index in [-0.39, 0.29) is 150 Å².